The van der Waals surface area contributed by atoms with Crippen LogP contribution in [0.1, 0.15) is 21.7 Å². The van der Waals surface area contributed by atoms with Crippen LogP contribution in [-0.2, 0) is 13.5 Å². The summed E-state index contributed by atoms with van der Waals surface area (Å²) in [6.07, 6.45) is 2.29. The highest BCUT2D eigenvalue weighted by molar-refractivity contribution is 5.95. The molecule has 0 unspecified atom stereocenters. The fourth-order valence-corrected chi connectivity index (χ4v) is 1.86. The van der Waals surface area contributed by atoms with Crippen LogP contribution >= 0.6 is 0 Å². The molecule has 1 amide bonds. The highest BCUT2D eigenvalue weighted by atomic mass is 16.1. The summed E-state index contributed by atoms with van der Waals surface area (Å²) in [7, 11) is 1.88. The van der Waals surface area contributed by atoms with Crippen molar-refractivity contribution in [3.05, 3.63) is 41.5 Å². The Morgan fingerprint density at radius 3 is 2.89 bits per heavy atom. The van der Waals surface area contributed by atoms with Crippen LogP contribution in [0.5, 0.6) is 0 Å². The summed E-state index contributed by atoms with van der Waals surface area (Å²) in [5.74, 6) is 0.744. The number of nitrogens with two attached hydrogens (primary N) is 1. The largest absolute Gasteiger partial charge is 0.399 e. The van der Waals surface area contributed by atoms with Gasteiger partial charge in [0.15, 0.2) is 0 Å². The second kappa shape index (κ2) is 5.51. The number of hydrogen-bond acceptors (Lipinski definition) is 4. The summed E-state index contributed by atoms with van der Waals surface area (Å²) in [5.41, 5.74) is 7.84. The van der Waals surface area contributed by atoms with Crippen LogP contribution in [0.4, 0.5) is 5.69 Å². The molecule has 19 heavy (non-hydrogen) atoms. The minimum absolute atomic E-state index is 0.0975. The molecule has 0 saturated carbocycles. The number of hydrogen-bond donors (Lipinski definition) is 2. The molecule has 3 N–H and O–H groups in total. The fraction of sp³-hybridized carbons (Fsp3) is 0.308. The predicted molar refractivity (Wildman–Crippen MR) is 72.6 cm³/mol. The molecule has 1 aromatic heterocycles. The number of amides is 1. The molecule has 2 aromatic rings. The van der Waals surface area contributed by atoms with Gasteiger partial charge in [0.25, 0.3) is 5.91 Å². The zero-order valence-electron chi connectivity index (χ0n) is 11.1. The van der Waals surface area contributed by atoms with Gasteiger partial charge in [0.05, 0.1) is 0 Å². The lowest BCUT2D eigenvalue weighted by atomic mass is 10.1. The molecule has 0 bridgehead atoms. The molecular weight excluding hydrogens is 242 g/mol. The summed E-state index contributed by atoms with van der Waals surface area (Å²) in [6.45, 7) is 2.39. The Morgan fingerprint density at radius 2 is 2.26 bits per heavy atom. The van der Waals surface area contributed by atoms with Crippen molar-refractivity contribution in [2.24, 2.45) is 7.05 Å². The lowest BCUT2D eigenvalue weighted by molar-refractivity contribution is 0.0953. The summed E-state index contributed by atoms with van der Waals surface area (Å²) in [5, 5.41) is 10.6. The Balaban J connectivity index is 1.93. The van der Waals surface area contributed by atoms with Crippen molar-refractivity contribution in [1.29, 1.82) is 0 Å². The SMILES string of the molecule is Cc1cc(N)ccc1C(=O)NCCc1nncn1C. The first-order valence-corrected chi connectivity index (χ1v) is 6.05. The molecule has 1 aromatic carbocycles. The van der Waals surface area contributed by atoms with Crippen molar-refractivity contribution in [1.82, 2.24) is 20.1 Å². The minimum atomic E-state index is -0.0975. The van der Waals surface area contributed by atoms with Crippen LogP contribution in [0.3, 0.4) is 0 Å². The van der Waals surface area contributed by atoms with Crippen molar-refractivity contribution in [3.63, 3.8) is 0 Å². The molecule has 0 aliphatic rings. The van der Waals surface area contributed by atoms with E-state index < -0.39 is 0 Å². The molecule has 0 atom stereocenters. The van der Waals surface area contributed by atoms with Gasteiger partial charge < -0.3 is 15.6 Å². The average molecular weight is 259 g/mol. The molecule has 100 valence electrons. The summed E-state index contributed by atoms with van der Waals surface area (Å²) in [6, 6.07) is 5.25. The Kier molecular flexibility index (Phi) is 3.79. The van der Waals surface area contributed by atoms with Crippen LogP contribution in [0.15, 0.2) is 24.5 Å². The third-order valence-corrected chi connectivity index (χ3v) is 2.93. The van der Waals surface area contributed by atoms with E-state index in [-0.39, 0.29) is 5.91 Å². The Hall–Kier alpha value is -2.37. The van der Waals surface area contributed by atoms with E-state index in [0.29, 0.717) is 24.2 Å². The Labute approximate surface area is 111 Å². The molecule has 0 aliphatic heterocycles. The second-order valence-electron chi connectivity index (χ2n) is 4.44. The number of nitrogen functional groups attached to an aromatic ring is 1. The van der Waals surface area contributed by atoms with Crippen molar-refractivity contribution < 1.29 is 4.79 Å². The zero-order chi connectivity index (χ0) is 13.8. The molecule has 0 saturated heterocycles. The van der Waals surface area contributed by atoms with Gasteiger partial charge in [-0.3, -0.25) is 4.79 Å². The topological polar surface area (TPSA) is 85.8 Å². The van der Waals surface area contributed by atoms with Crippen LogP contribution < -0.4 is 11.1 Å². The van der Waals surface area contributed by atoms with E-state index in [1.807, 2.05) is 18.5 Å². The van der Waals surface area contributed by atoms with Crippen molar-refractivity contribution in [2.45, 2.75) is 13.3 Å². The lowest BCUT2D eigenvalue weighted by Crippen LogP contribution is -2.27. The van der Waals surface area contributed by atoms with E-state index in [4.69, 9.17) is 5.73 Å². The smallest absolute Gasteiger partial charge is 0.251 e. The third-order valence-electron chi connectivity index (χ3n) is 2.93. The number of anilines is 1. The van der Waals surface area contributed by atoms with E-state index in [9.17, 15) is 4.79 Å². The Bertz CT molecular complexity index is 590. The molecule has 0 fully saturated rings. The first-order valence-electron chi connectivity index (χ1n) is 6.05. The van der Waals surface area contributed by atoms with Crippen LogP contribution in [0, 0.1) is 6.92 Å². The molecule has 0 spiro atoms. The number of carbonyl (C=O) groups is 1. The number of aromatic nitrogens is 3. The predicted octanol–water partition coefficient (Wildman–Crippen LogP) is 0.678. The molecular formula is C13H17N5O. The number of aryl methyl sites for hydroxylation is 2. The second-order valence-corrected chi connectivity index (χ2v) is 4.44. The van der Waals surface area contributed by atoms with Gasteiger partial charge in [-0.15, -0.1) is 10.2 Å². The number of nitrogens with one attached hydrogen (secondary N) is 1. The maximum Gasteiger partial charge on any atom is 0.251 e. The van der Waals surface area contributed by atoms with E-state index in [2.05, 4.69) is 15.5 Å². The Morgan fingerprint density at radius 1 is 1.47 bits per heavy atom. The van der Waals surface area contributed by atoms with E-state index in [0.717, 1.165) is 11.4 Å². The number of carbonyl (C=O) groups excluding carboxylic acids is 1. The van der Waals surface area contributed by atoms with Gasteiger partial charge in [-0.05, 0) is 30.7 Å². The van der Waals surface area contributed by atoms with Gasteiger partial charge in [-0.25, -0.2) is 0 Å². The third kappa shape index (κ3) is 3.09. The monoisotopic (exact) mass is 259 g/mol. The molecule has 2 rings (SSSR count). The minimum Gasteiger partial charge on any atom is -0.399 e. The standard InChI is InChI=1S/C13H17N5O/c1-9-7-10(14)3-4-11(9)13(19)15-6-5-12-17-16-8-18(12)2/h3-4,7-8H,5-6,14H2,1-2H3,(H,15,19). The number of nitrogens with zero attached hydrogens (tertiary/aromatic N) is 3. The van der Waals surface area contributed by atoms with Gasteiger partial charge in [-0.2, -0.15) is 0 Å². The van der Waals surface area contributed by atoms with E-state index in [1.54, 1.807) is 24.5 Å². The number of rotatable bonds is 4. The quantitative estimate of drug-likeness (QED) is 0.790. The van der Waals surface area contributed by atoms with Gasteiger partial charge in [0, 0.05) is 31.3 Å². The van der Waals surface area contributed by atoms with Crippen LogP contribution in [0.25, 0.3) is 0 Å². The van der Waals surface area contributed by atoms with Crippen molar-refractivity contribution in [3.8, 4) is 0 Å². The lowest BCUT2D eigenvalue weighted by Gasteiger charge is -2.08. The maximum absolute atomic E-state index is 12.0. The van der Waals surface area contributed by atoms with Gasteiger partial charge in [0.1, 0.15) is 12.2 Å². The normalized spacial score (nSPS) is 10.4. The number of benzene rings is 1. The summed E-state index contributed by atoms with van der Waals surface area (Å²) < 4.78 is 1.83. The van der Waals surface area contributed by atoms with Crippen molar-refractivity contribution >= 4 is 11.6 Å². The van der Waals surface area contributed by atoms with E-state index >= 15 is 0 Å². The molecule has 1 heterocycles. The molecule has 0 radical (unpaired) electrons. The summed E-state index contributed by atoms with van der Waals surface area (Å²) >= 11 is 0. The highest BCUT2D eigenvalue weighted by Crippen LogP contribution is 2.12. The average Bonchev–Trinajstić information content (AvgIpc) is 2.75. The van der Waals surface area contributed by atoms with Crippen LogP contribution in [-0.4, -0.2) is 27.2 Å². The highest BCUT2D eigenvalue weighted by Gasteiger charge is 2.09. The zero-order valence-corrected chi connectivity index (χ0v) is 11.1. The first-order chi connectivity index (χ1) is 9.08. The van der Waals surface area contributed by atoms with Crippen molar-refractivity contribution in [2.75, 3.05) is 12.3 Å². The van der Waals surface area contributed by atoms with Gasteiger partial charge in [0.2, 0.25) is 0 Å². The van der Waals surface area contributed by atoms with E-state index in [1.165, 1.54) is 0 Å². The molecule has 0 aliphatic carbocycles. The molecule has 6 nitrogen and oxygen atoms in total. The summed E-state index contributed by atoms with van der Waals surface area (Å²) in [4.78, 5) is 12.0. The van der Waals surface area contributed by atoms with Gasteiger partial charge >= 0.3 is 0 Å². The first kappa shape index (κ1) is 13.1. The van der Waals surface area contributed by atoms with Gasteiger partial charge in [-0.1, -0.05) is 0 Å². The van der Waals surface area contributed by atoms with Crippen LogP contribution in [0.2, 0.25) is 0 Å². The maximum atomic E-state index is 12.0. The fourth-order valence-electron chi connectivity index (χ4n) is 1.86. The molecule has 6 heteroatoms.